The molecule has 6 nitrogen and oxygen atoms in total. The molecular weight excluding hydrogens is 404 g/mol. The van der Waals surface area contributed by atoms with Gasteiger partial charge in [-0.2, -0.15) is 0 Å². The number of nitrogens with zero attached hydrogens (tertiary/aromatic N) is 2. The number of aromatic carboxylic acids is 1. The first-order valence-corrected chi connectivity index (χ1v) is 10.9. The van der Waals surface area contributed by atoms with Crippen molar-refractivity contribution in [3.05, 3.63) is 78.0 Å². The van der Waals surface area contributed by atoms with Crippen molar-refractivity contribution in [1.82, 2.24) is 9.47 Å². The summed E-state index contributed by atoms with van der Waals surface area (Å²) in [5.74, 6) is -0.172. The van der Waals surface area contributed by atoms with E-state index in [0.29, 0.717) is 18.7 Å². The molecule has 1 N–H and O–H groups in total. The first-order chi connectivity index (χ1) is 15.7. The average Bonchev–Trinajstić information content (AvgIpc) is 3.18. The van der Waals surface area contributed by atoms with Crippen molar-refractivity contribution >= 4 is 27.6 Å². The Morgan fingerprint density at radius 3 is 2.62 bits per heavy atom. The molecule has 0 spiro atoms. The van der Waals surface area contributed by atoms with Gasteiger partial charge in [0.1, 0.15) is 12.4 Å². The highest BCUT2D eigenvalue weighted by molar-refractivity contribution is 6.03. The summed E-state index contributed by atoms with van der Waals surface area (Å²) < 4.78 is 13.4. The Balaban J connectivity index is 1.40. The molecule has 32 heavy (non-hydrogen) atoms. The number of ether oxygens (including phenoxy) is 2. The summed E-state index contributed by atoms with van der Waals surface area (Å²) in [6.45, 7) is 5.42. The van der Waals surface area contributed by atoms with Crippen LogP contribution in [-0.2, 0) is 11.3 Å². The van der Waals surface area contributed by atoms with Gasteiger partial charge in [-0.1, -0.05) is 36.4 Å². The minimum atomic E-state index is -0.923. The first kappa shape index (κ1) is 20.5. The Morgan fingerprint density at radius 2 is 1.81 bits per heavy atom. The van der Waals surface area contributed by atoms with Gasteiger partial charge in [0.05, 0.1) is 24.3 Å². The maximum absolute atomic E-state index is 11.8. The van der Waals surface area contributed by atoms with Crippen LogP contribution in [0.5, 0.6) is 5.75 Å². The molecule has 0 radical (unpaired) electrons. The largest absolute Gasteiger partial charge is 0.492 e. The summed E-state index contributed by atoms with van der Waals surface area (Å²) >= 11 is 0. The Hall–Kier alpha value is -3.35. The number of carboxylic acids is 1. The van der Waals surface area contributed by atoms with E-state index in [1.165, 1.54) is 10.8 Å². The van der Waals surface area contributed by atoms with Gasteiger partial charge in [0.25, 0.3) is 0 Å². The van der Waals surface area contributed by atoms with E-state index in [1.807, 2.05) is 34.9 Å². The molecular formula is C26H26N2O4. The maximum Gasteiger partial charge on any atom is 0.337 e. The van der Waals surface area contributed by atoms with Crippen LogP contribution in [0.4, 0.5) is 0 Å². The number of benzene rings is 3. The van der Waals surface area contributed by atoms with Gasteiger partial charge in [0.2, 0.25) is 0 Å². The van der Waals surface area contributed by atoms with E-state index in [9.17, 15) is 9.90 Å². The Morgan fingerprint density at radius 1 is 1.00 bits per heavy atom. The van der Waals surface area contributed by atoms with Crippen molar-refractivity contribution in [2.45, 2.75) is 6.54 Å². The number of carboxylic acid groups (broad SMARTS) is 1. The van der Waals surface area contributed by atoms with Gasteiger partial charge in [0.15, 0.2) is 0 Å². The van der Waals surface area contributed by atoms with Crippen LogP contribution in [0.15, 0.2) is 66.9 Å². The molecule has 0 bridgehead atoms. The van der Waals surface area contributed by atoms with Crippen molar-refractivity contribution in [2.24, 2.45) is 0 Å². The smallest absolute Gasteiger partial charge is 0.337 e. The van der Waals surface area contributed by atoms with E-state index >= 15 is 0 Å². The van der Waals surface area contributed by atoms with Crippen LogP contribution in [0.2, 0.25) is 0 Å². The summed E-state index contributed by atoms with van der Waals surface area (Å²) in [6, 6.07) is 20.2. The van der Waals surface area contributed by atoms with E-state index < -0.39 is 5.97 Å². The van der Waals surface area contributed by atoms with E-state index in [4.69, 9.17) is 9.47 Å². The molecule has 3 aromatic carbocycles. The molecule has 0 aliphatic carbocycles. The summed E-state index contributed by atoms with van der Waals surface area (Å²) in [7, 11) is 0. The predicted molar refractivity (Wildman–Crippen MR) is 125 cm³/mol. The van der Waals surface area contributed by atoms with Crippen LogP contribution < -0.4 is 4.74 Å². The van der Waals surface area contributed by atoms with Crippen molar-refractivity contribution in [3.63, 3.8) is 0 Å². The van der Waals surface area contributed by atoms with Gasteiger partial charge >= 0.3 is 5.97 Å². The number of rotatable bonds is 7. The van der Waals surface area contributed by atoms with E-state index in [1.54, 1.807) is 6.20 Å². The fraction of sp³-hybridized carbons (Fsp3) is 0.269. The maximum atomic E-state index is 11.8. The molecule has 1 aliphatic rings. The molecule has 2 heterocycles. The van der Waals surface area contributed by atoms with Crippen LogP contribution in [0.1, 0.15) is 15.9 Å². The highest BCUT2D eigenvalue weighted by Gasteiger charge is 2.16. The number of fused-ring (bicyclic) bond motifs is 2. The molecule has 0 saturated carbocycles. The predicted octanol–water partition coefficient (Wildman–Crippen LogP) is 4.25. The summed E-state index contributed by atoms with van der Waals surface area (Å²) in [4.78, 5) is 14.2. The van der Waals surface area contributed by atoms with Gasteiger partial charge in [-0.15, -0.1) is 0 Å². The zero-order valence-corrected chi connectivity index (χ0v) is 17.9. The molecule has 1 aliphatic heterocycles. The molecule has 4 aromatic rings. The summed E-state index contributed by atoms with van der Waals surface area (Å²) in [6.07, 6.45) is 1.72. The van der Waals surface area contributed by atoms with Gasteiger partial charge in [-0.3, -0.25) is 4.90 Å². The SMILES string of the molecule is O=C(O)c1cn(Cc2ccc3ccccc3c2)c2cc(OCCN3CCOCC3)ccc12. The van der Waals surface area contributed by atoms with E-state index in [0.717, 1.165) is 55.1 Å². The minimum Gasteiger partial charge on any atom is -0.492 e. The fourth-order valence-electron chi connectivity index (χ4n) is 4.31. The Labute approximate surface area is 186 Å². The van der Waals surface area contributed by atoms with Crippen molar-refractivity contribution in [3.8, 4) is 5.75 Å². The Kier molecular flexibility index (Phi) is 5.79. The molecule has 1 saturated heterocycles. The number of carbonyl (C=O) groups is 1. The summed E-state index contributed by atoms with van der Waals surface area (Å²) in [5, 5.41) is 12.8. The van der Waals surface area contributed by atoms with Crippen LogP contribution in [-0.4, -0.2) is 60.0 Å². The topological polar surface area (TPSA) is 63.9 Å². The third-order valence-electron chi connectivity index (χ3n) is 6.03. The molecule has 0 atom stereocenters. The minimum absolute atomic E-state index is 0.306. The third-order valence-corrected chi connectivity index (χ3v) is 6.03. The molecule has 0 unspecified atom stereocenters. The monoisotopic (exact) mass is 430 g/mol. The molecule has 6 heteroatoms. The lowest BCUT2D eigenvalue weighted by molar-refractivity contribution is 0.0322. The van der Waals surface area contributed by atoms with E-state index in [-0.39, 0.29) is 0 Å². The van der Waals surface area contributed by atoms with Crippen LogP contribution in [0.25, 0.3) is 21.7 Å². The summed E-state index contributed by atoms with van der Waals surface area (Å²) in [5.41, 5.74) is 2.29. The molecule has 0 amide bonds. The number of hydrogen-bond donors (Lipinski definition) is 1. The average molecular weight is 431 g/mol. The Bertz CT molecular complexity index is 1260. The van der Waals surface area contributed by atoms with Crippen LogP contribution >= 0.6 is 0 Å². The van der Waals surface area contributed by atoms with Crippen molar-refractivity contribution in [1.29, 1.82) is 0 Å². The highest BCUT2D eigenvalue weighted by atomic mass is 16.5. The zero-order chi connectivity index (χ0) is 21.9. The number of aromatic nitrogens is 1. The lowest BCUT2D eigenvalue weighted by atomic mass is 10.1. The van der Waals surface area contributed by atoms with Gasteiger partial charge in [-0.05, 0) is 34.5 Å². The lowest BCUT2D eigenvalue weighted by Crippen LogP contribution is -2.38. The van der Waals surface area contributed by atoms with Crippen molar-refractivity contribution < 1.29 is 19.4 Å². The fourth-order valence-corrected chi connectivity index (χ4v) is 4.31. The number of hydrogen-bond acceptors (Lipinski definition) is 4. The molecule has 1 aromatic heterocycles. The first-order valence-electron chi connectivity index (χ1n) is 10.9. The quantitative estimate of drug-likeness (QED) is 0.475. The third kappa shape index (κ3) is 4.33. The normalized spacial score (nSPS) is 14.8. The molecule has 5 rings (SSSR count). The second-order valence-corrected chi connectivity index (χ2v) is 8.14. The second-order valence-electron chi connectivity index (χ2n) is 8.14. The van der Waals surface area contributed by atoms with Gasteiger partial charge in [0, 0.05) is 43.8 Å². The molecule has 1 fully saturated rings. The van der Waals surface area contributed by atoms with Gasteiger partial charge < -0.3 is 19.1 Å². The second kappa shape index (κ2) is 9.02. The lowest BCUT2D eigenvalue weighted by Gasteiger charge is -2.26. The zero-order valence-electron chi connectivity index (χ0n) is 17.9. The van der Waals surface area contributed by atoms with Crippen molar-refractivity contribution in [2.75, 3.05) is 39.5 Å². The van der Waals surface area contributed by atoms with E-state index in [2.05, 4.69) is 35.2 Å². The molecule has 164 valence electrons. The standard InChI is InChI=1S/C26H26N2O4/c29-26(30)24-18-28(17-19-5-6-20-3-1-2-4-21(20)15-19)25-16-22(7-8-23(24)25)32-14-11-27-9-12-31-13-10-27/h1-8,15-16,18H,9-14,17H2,(H,29,30). The van der Waals surface area contributed by atoms with Gasteiger partial charge in [-0.25, -0.2) is 4.79 Å². The van der Waals surface area contributed by atoms with Crippen LogP contribution in [0, 0.1) is 0 Å². The number of morpholine rings is 1. The van der Waals surface area contributed by atoms with Crippen LogP contribution in [0.3, 0.4) is 0 Å². The highest BCUT2D eigenvalue weighted by Crippen LogP contribution is 2.27.